The Hall–Kier alpha value is -0.940. The molecule has 1 unspecified atom stereocenters. The minimum Gasteiger partial charge on any atom is -0.396 e. The summed E-state index contributed by atoms with van der Waals surface area (Å²) < 4.78 is 7.70. The Morgan fingerprint density at radius 1 is 1.24 bits per heavy atom. The van der Waals surface area contributed by atoms with Crippen LogP contribution in [-0.4, -0.2) is 58.2 Å². The molecule has 2 aliphatic rings. The Labute approximate surface area is 191 Å². The lowest BCUT2D eigenvalue weighted by molar-refractivity contribution is 0.113. The maximum absolute atomic E-state index is 9.57. The summed E-state index contributed by atoms with van der Waals surface area (Å²) in [4.78, 5) is 4.76. The number of aryl methyl sites for hydroxylation is 1. The Morgan fingerprint density at radius 2 is 2.03 bits per heavy atom. The van der Waals surface area contributed by atoms with E-state index in [4.69, 9.17) is 9.73 Å². The van der Waals surface area contributed by atoms with Crippen molar-refractivity contribution >= 4 is 29.9 Å². The van der Waals surface area contributed by atoms with Crippen molar-refractivity contribution in [3.05, 3.63) is 11.6 Å². The summed E-state index contributed by atoms with van der Waals surface area (Å²) in [7, 11) is 1.96. The molecule has 1 aliphatic carbocycles. The number of ether oxygens (including phenoxy) is 1. The van der Waals surface area contributed by atoms with Crippen LogP contribution in [0.1, 0.15) is 63.0 Å². The van der Waals surface area contributed by atoms with Gasteiger partial charge in [-0.2, -0.15) is 0 Å². The normalized spacial score (nSPS) is 21.6. The Kier molecular flexibility index (Phi) is 10.1. The molecular weight excluding hydrogens is 483 g/mol. The highest BCUT2D eigenvalue weighted by molar-refractivity contribution is 14.0. The lowest BCUT2D eigenvalue weighted by Gasteiger charge is -2.37. The Bertz CT molecular complexity index is 633. The largest absolute Gasteiger partial charge is 0.396 e. The summed E-state index contributed by atoms with van der Waals surface area (Å²) >= 11 is 0. The molecular formula is C20H37IN6O2. The predicted molar refractivity (Wildman–Crippen MR) is 124 cm³/mol. The molecule has 166 valence electrons. The monoisotopic (exact) mass is 520 g/mol. The van der Waals surface area contributed by atoms with Crippen LogP contribution >= 0.6 is 24.0 Å². The molecule has 1 aromatic rings. The summed E-state index contributed by atoms with van der Waals surface area (Å²) in [6, 6.07) is 0. The first-order valence-electron chi connectivity index (χ1n) is 10.7. The summed E-state index contributed by atoms with van der Waals surface area (Å²) in [5.74, 6) is 2.52. The quantitative estimate of drug-likeness (QED) is 0.277. The highest BCUT2D eigenvalue weighted by atomic mass is 127. The number of nitrogens with zero attached hydrogens (tertiary/aromatic N) is 4. The third-order valence-electron chi connectivity index (χ3n) is 6.27. The molecule has 3 N–H and O–H groups in total. The van der Waals surface area contributed by atoms with E-state index in [1.165, 1.54) is 32.1 Å². The van der Waals surface area contributed by atoms with Gasteiger partial charge >= 0.3 is 0 Å². The molecule has 1 aromatic heterocycles. The van der Waals surface area contributed by atoms with Gasteiger partial charge in [-0.15, -0.1) is 34.2 Å². The number of hydrogen-bond acceptors (Lipinski definition) is 5. The number of aromatic nitrogens is 3. The van der Waals surface area contributed by atoms with Crippen molar-refractivity contribution < 1.29 is 9.84 Å². The fraction of sp³-hybridized carbons (Fsp3) is 0.850. The van der Waals surface area contributed by atoms with Crippen molar-refractivity contribution in [1.82, 2.24) is 25.4 Å². The minimum absolute atomic E-state index is 0. The van der Waals surface area contributed by atoms with E-state index in [2.05, 4.69) is 20.8 Å². The molecule has 0 radical (unpaired) electrons. The highest BCUT2D eigenvalue weighted by Crippen LogP contribution is 2.38. The van der Waals surface area contributed by atoms with E-state index in [1.54, 1.807) is 0 Å². The number of nitrogens with one attached hydrogen (secondary N) is 2. The van der Waals surface area contributed by atoms with Gasteiger partial charge < -0.3 is 25.0 Å². The zero-order valence-corrected chi connectivity index (χ0v) is 20.2. The number of guanidine groups is 1. The molecule has 0 bridgehead atoms. The number of aliphatic imine (C=N–C) groups is 1. The second kappa shape index (κ2) is 12.0. The summed E-state index contributed by atoms with van der Waals surface area (Å²) in [5, 5.41) is 24.9. The van der Waals surface area contributed by atoms with Crippen LogP contribution in [0.4, 0.5) is 0 Å². The molecule has 8 nitrogen and oxygen atoms in total. The van der Waals surface area contributed by atoms with Gasteiger partial charge in [-0.25, -0.2) is 4.99 Å². The van der Waals surface area contributed by atoms with Crippen molar-refractivity contribution in [2.24, 2.45) is 17.5 Å². The summed E-state index contributed by atoms with van der Waals surface area (Å²) in [6.07, 6.45) is 9.46. The van der Waals surface area contributed by atoms with Gasteiger partial charge in [0.15, 0.2) is 11.8 Å². The smallest absolute Gasteiger partial charge is 0.191 e. The number of aliphatic hydroxyl groups excluding tert-OH is 1. The Balaban J connectivity index is 0.00000300. The van der Waals surface area contributed by atoms with Crippen LogP contribution in [0, 0.1) is 12.3 Å². The molecule has 2 fully saturated rings. The maximum Gasteiger partial charge on any atom is 0.191 e. The van der Waals surface area contributed by atoms with Gasteiger partial charge in [-0.1, -0.05) is 19.3 Å². The first-order chi connectivity index (χ1) is 13.6. The molecule has 0 amide bonds. The first kappa shape index (κ1) is 24.3. The average molecular weight is 520 g/mol. The average Bonchev–Trinajstić information content (AvgIpc) is 3.33. The third-order valence-corrected chi connectivity index (χ3v) is 6.27. The number of halogens is 1. The zero-order valence-electron chi connectivity index (χ0n) is 17.8. The van der Waals surface area contributed by atoms with Crippen LogP contribution in [0.5, 0.6) is 0 Å². The van der Waals surface area contributed by atoms with Gasteiger partial charge in [0.2, 0.25) is 0 Å². The van der Waals surface area contributed by atoms with Crippen molar-refractivity contribution in [3.8, 4) is 0 Å². The van der Waals surface area contributed by atoms with Crippen LogP contribution < -0.4 is 10.6 Å². The molecule has 9 heteroatoms. The standard InChI is InChI=1S/C20H36N6O2.HI/c1-16-24-25-18(26(16)2)14-22-19(21-13-17-7-6-12-28-17)23-15-20(10-11-27)8-4-3-5-9-20;/h17,27H,3-15H2,1-2H3,(H2,21,22,23);1H. The minimum atomic E-state index is 0. The van der Waals surface area contributed by atoms with Gasteiger partial charge in [0.05, 0.1) is 6.10 Å². The van der Waals surface area contributed by atoms with Crippen molar-refractivity contribution in [2.45, 2.75) is 70.9 Å². The van der Waals surface area contributed by atoms with Gasteiger partial charge in [0, 0.05) is 33.4 Å². The van der Waals surface area contributed by atoms with Crippen LogP contribution in [0.3, 0.4) is 0 Å². The molecule has 1 saturated carbocycles. The van der Waals surface area contributed by atoms with Crippen LogP contribution in [-0.2, 0) is 18.3 Å². The lowest BCUT2D eigenvalue weighted by Crippen LogP contribution is -2.46. The number of aliphatic hydroxyl groups is 1. The molecule has 2 heterocycles. The summed E-state index contributed by atoms with van der Waals surface area (Å²) in [6.45, 7) is 5.11. The van der Waals surface area contributed by atoms with Crippen molar-refractivity contribution in [2.75, 3.05) is 26.3 Å². The van der Waals surface area contributed by atoms with E-state index < -0.39 is 0 Å². The fourth-order valence-electron chi connectivity index (χ4n) is 4.25. The molecule has 0 aromatic carbocycles. The molecule has 1 aliphatic heterocycles. The van der Waals surface area contributed by atoms with E-state index in [1.807, 2.05) is 18.5 Å². The number of rotatable bonds is 8. The topological polar surface area (TPSA) is 96.6 Å². The van der Waals surface area contributed by atoms with Gasteiger partial charge in [0.25, 0.3) is 0 Å². The van der Waals surface area contributed by atoms with Gasteiger partial charge in [-0.3, -0.25) is 0 Å². The first-order valence-corrected chi connectivity index (χ1v) is 10.7. The SMILES string of the molecule is Cc1nnc(CN=C(NCC2CCCO2)NCC2(CCO)CCCCC2)n1C.I. The second-order valence-corrected chi connectivity index (χ2v) is 8.29. The third kappa shape index (κ3) is 7.06. The van der Waals surface area contributed by atoms with Crippen LogP contribution in [0.15, 0.2) is 4.99 Å². The second-order valence-electron chi connectivity index (χ2n) is 8.29. The van der Waals surface area contributed by atoms with E-state index in [0.29, 0.717) is 6.54 Å². The van der Waals surface area contributed by atoms with E-state index in [9.17, 15) is 5.11 Å². The highest BCUT2D eigenvalue weighted by Gasteiger charge is 2.31. The lowest BCUT2D eigenvalue weighted by atomic mass is 9.72. The van der Waals surface area contributed by atoms with Crippen LogP contribution in [0.25, 0.3) is 0 Å². The van der Waals surface area contributed by atoms with E-state index in [0.717, 1.165) is 56.6 Å². The fourth-order valence-corrected chi connectivity index (χ4v) is 4.25. The van der Waals surface area contributed by atoms with Gasteiger partial charge in [0.1, 0.15) is 12.4 Å². The predicted octanol–water partition coefficient (Wildman–Crippen LogP) is 2.29. The zero-order chi connectivity index (χ0) is 19.8. The van der Waals surface area contributed by atoms with E-state index in [-0.39, 0.29) is 42.1 Å². The van der Waals surface area contributed by atoms with Crippen LogP contribution in [0.2, 0.25) is 0 Å². The van der Waals surface area contributed by atoms with Crippen molar-refractivity contribution in [3.63, 3.8) is 0 Å². The molecule has 29 heavy (non-hydrogen) atoms. The van der Waals surface area contributed by atoms with Crippen molar-refractivity contribution in [1.29, 1.82) is 0 Å². The number of hydrogen-bond donors (Lipinski definition) is 3. The Morgan fingerprint density at radius 3 is 2.66 bits per heavy atom. The molecule has 1 atom stereocenters. The summed E-state index contributed by atoms with van der Waals surface area (Å²) in [5.41, 5.74) is 0.167. The van der Waals surface area contributed by atoms with Gasteiger partial charge in [-0.05, 0) is 44.4 Å². The van der Waals surface area contributed by atoms with E-state index >= 15 is 0 Å². The molecule has 0 spiro atoms. The molecule has 1 saturated heterocycles. The molecule has 3 rings (SSSR count). The maximum atomic E-state index is 9.57.